The highest BCUT2D eigenvalue weighted by Crippen LogP contribution is 2.43. The summed E-state index contributed by atoms with van der Waals surface area (Å²) in [7, 11) is 0. The lowest BCUT2D eigenvalue weighted by Gasteiger charge is -2.43. The van der Waals surface area contributed by atoms with Gasteiger partial charge in [-0.1, -0.05) is 0 Å². The summed E-state index contributed by atoms with van der Waals surface area (Å²) in [6, 6.07) is 3.82. The minimum Gasteiger partial charge on any atom is -0.346 e. The number of nitrogens with one attached hydrogen (secondary N) is 1. The normalized spacial score (nSPS) is 18.8. The molecule has 3 aromatic heterocycles. The van der Waals surface area contributed by atoms with Crippen LogP contribution in [0.5, 0.6) is 0 Å². The number of likely N-dealkylation sites (tertiary alicyclic amines) is 1. The van der Waals surface area contributed by atoms with E-state index in [1.807, 2.05) is 34.1 Å². The number of carbonyl (C=O) groups is 2. The number of aromatic nitrogens is 4. The topological polar surface area (TPSA) is 83.9 Å². The van der Waals surface area contributed by atoms with Crippen molar-refractivity contribution in [1.29, 1.82) is 0 Å². The molecule has 2 aliphatic rings. The van der Waals surface area contributed by atoms with Crippen molar-refractivity contribution in [3.05, 3.63) is 47.5 Å². The first-order chi connectivity index (χ1) is 14.2. The summed E-state index contributed by atoms with van der Waals surface area (Å²) in [5.41, 5.74) is 2.90. The quantitative estimate of drug-likeness (QED) is 0.671. The zero-order chi connectivity index (χ0) is 21.1. The molecule has 0 unspecified atom stereocenters. The third-order valence-corrected chi connectivity index (χ3v) is 6.60. The fourth-order valence-corrected chi connectivity index (χ4v) is 4.79. The molecule has 0 bridgehead atoms. The molecule has 1 aliphatic carbocycles. The largest absolute Gasteiger partial charge is 0.346 e. The second-order valence-electron chi connectivity index (χ2n) is 9.83. The van der Waals surface area contributed by atoms with Crippen molar-refractivity contribution in [2.24, 2.45) is 5.41 Å². The molecule has 1 spiro atoms. The van der Waals surface area contributed by atoms with Gasteiger partial charge in [-0.15, -0.1) is 0 Å². The molecule has 5 rings (SSSR count). The lowest BCUT2D eigenvalue weighted by molar-refractivity contribution is 0.0519. The van der Waals surface area contributed by atoms with Gasteiger partial charge in [0.25, 0.3) is 5.91 Å². The highest BCUT2D eigenvalue weighted by molar-refractivity contribution is 5.98. The van der Waals surface area contributed by atoms with Crippen molar-refractivity contribution in [1.82, 2.24) is 24.6 Å². The van der Waals surface area contributed by atoms with Crippen LogP contribution in [0.2, 0.25) is 0 Å². The van der Waals surface area contributed by atoms with Crippen LogP contribution in [-0.2, 0) is 12.0 Å². The maximum absolute atomic E-state index is 13.0. The zero-order valence-corrected chi connectivity index (χ0v) is 17.7. The molecule has 1 fully saturated rings. The summed E-state index contributed by atoms with van der Waals surface area (Å²) in [5.74, 6) is 0.157. The second kappa shape index (κ2) is 6.52. The summed E-state index contributed by atoms with van der Waals surface area (Å²) in [6.07, 6.45) is 8.58. The predicted molar refractivity (Wildman–Crippen MR) is 114 cm³/mol. The fraction of sp³-hybridized carbons (Fsp3) is 0.478. The van der Waals surface area contributed by atoms with E-state index in [4.69, 9.17) is 0 Å². The Morgan fingerprint density at radius 1 is 1.20 bits per heavy atom. The maximum Gasteiger partial charge on any atom is 0.255 e. The summed E-state index contributed by atoms with van der Waals surface area (Å²) < 4.78 is 1.91. The van der Waals surface area contributed by atoms with E-state index in [0.717, 1.165) is 35.9 Å². The number of carbonyl (C=O) groups excluding carboxylic acids is 2. The van der Waals surface area contributed by atoms with Gasteiger partial charge in [0, 0.05) is 49.1 Å². The molecule has 1 amide bonds. The maximum atomic E-state index is 13.0. The Morgan fingerprint density at radius 3 is 2.70 bits per heavy atom. The molecule has 1 N–H and O–H groups in total. The molecule has 7 heteroatoms. The molecule has 156 valence electrons. The van der Waals surface area contributed by atoms with Crippen molar-refractivity contribution in [2.45, 2.75) is 52.0 Å². The van der Waals surface area contributed by atoms with Gasteiger partial charge in [-0.2, -0.15) is 5.10 Å². The molecule has 1 saturated heterocycles. The smallest absolute Gasteiger partial charge is 0.255 e. The molecule has 1 aliphatic heterocycles. The van der Waals surface area contributed by atoms with Crippen molar-refractivity contribution < 1.29 is 9.59 Å². The van der Waals surface area contributed by atoms with Crippen molar-refractivity contribution >= 4 is 22.7 Å². The predicted octanol–water partition coefficient (Wildman–Crippen LogP) is 3.57. The monoisotopic (exact) mass is 405 g/mol. The molecule has 4 heterocycles. The third-order valence-electron chi connectivity index (χ3n) is 6.60. The Kier molecular flexibility index (Phi) is 4.14. The second-order valence-corrected chi connectivity index (χ2v) is 9.83. The Hall–Kier alpha value is -2.96. The van der Waals surface area contributed by atoms with Crippen LogP contribution in [0.15, 0.2) is 30.7 Å². The van der Waals surface area contributed by atoms with Gasteiger partial charge in [0.15, 0.2) is 5.78 Å². The minimum atomic E-state index is -0.144. The number of hydrogen-bond donors (Lipinski definition) is 1. The van der Waals surface area contributed by atoms with Gasteiger partial charge in [-0.05, 0) is 57.6 Å². The van der Waals surface area contributed by atoms with Gasteiger partial charge in [0.05, 0.1) is 11.1 Å². The Balaban J connectivity index is 1.32. The van der Waals surface area contributed by atoms with Crippen LogP contribution >= 0.6 is 0 Å². The summed E-state index contributed by atoms with van der Waals surface area (Å²) in [6.45, 7) is 7.61. The molecule has 3 aromatic rings. The molecule has 0 saturated carbocycles. The van der Waals surface area contributed by atoms with Gasteiger partial charge in [0.2, 0.25) is 0 Å². The summed E-state index contributed by atoms with van der Waals surface area (Å²) >= 11 is 0. The number of fused-ring (bicyclic) bond motifs is 2. The van der Waals surface area contributed by atoms with Gasteiger partial charge in [-0.3, -0.25) is 14.3 Å². The molecule has 0 atom stereocenters. The van der Waals surface area contributed by atoms with Crippen LogP contribution in [-0.4, -0.2) is 49.4 Å². The number of rotatable bonds is 1. The van der Waals surface area contributed by atoms with Gasteiger partial charge in [-0.25, -0.2) is 4.98 Å². The molecule has 0 radical (unpaired) electrons. The number of hydrogen-bond acceptors (Lipinski definition) is 4. The van der Waals surface area contributed by atoms with E-state index in [9.17, 15) is 9.59 Å². The van der Waals surface area contributed by atoms with Crippen LogP contribution in [0.25, 0.3) is 11.0 Å². The Morgan fingerprint density at radius 2 is 1.97 bits per heavy atom. The van der Waals surface area contributed by atoms with E-state index in [1.54, 1.807) is 6.20 Å². The van der Waals surface area contributed by atoms with Crippen LogP contribution < -0.4 is 0 Å². The summed E-state index contributed by atoms with van der Waals surface area (Å²) in [4.78, 5) is 35.2. The van der Waals surface area contributed by atoms with E-state index in [2.05, 4.69) is 35.8 Å². The third kappa shape index (κ3) is 3.13. The average Bonchev–Trinajstić information content (AvgIpc) is 3.34. The first kappa shape index (κ1) is 19.0. The Labute approximate surface area is 175 Å². The molecule has 7 nitrogen and oxygen atoms in total. The van der Waals surface area contributed by atoms with E-state index in [0.29, 0.717) is 30.8 Å². The number of piperidine rings is 1. The van der Waals surface area contributed by atoms with E-state index in [-0.39, 0.29) is 22.6 Å². The van der Waals surface area contributed by atoms with E-state index < -0.39 is 0 Å². The number of pyridine rings is 1. The number of H-pyrrole nitrogens is 1. The average molecular weight is 406 g/mol. The number of aromatic amines is 1. The van der Waals surface area contributed by atoms with Crippen LogP contribution in [0, 0.1) is 5.41 Å². The van der Waals surface area contributed by atoms with Crippen LogP contribution in [0.1, 0.15) is 66.4 Å². The van der Waals surface area contributed by atoms with Crippen molar-refractivity contribution in [2.75, 3.05) is 13.1 Å². The Bertz CT molecular complexity index is 1140. The van der Waals surface area contributed by atoms with E-state index in [1.165, 1.54) is 0 Å². The number of amides is 1. The highest BCUT2D eigenvalue weighted by atomic mass is 16.2. The molecular weight excluding hydrogens is 378 g/mol. The molecule has 30 heavy (non-hydrogen) atoms. The van der Waals surface area contributed by atoms with Gasteiger partial charge in [0.1, 0.15) is 11.3 Å². The number of ketones is 1. The highest BCUT2D eigenvalue weighted by Gasteiger charge is 2.43. The number of Topliss-reactive ketones (excluding diaryl/α,β-unsaturated/α-hetero) is 1. The van der Waals surface area contributed by atoms with Crippen molar-refractivity contribution in [3.63, 3.8) is 0 Å². The lowest BCUT2D eigenvalue weighted by Crippen LogP contribution is -2.46. The first-order valence-electron chi connectivity index (χ1n) is 10.6. The van der Waals surface area contributed by atoms with Gasteiger partial charge < -0.3 is 9.88 Å². The van der Waals surface area contributed by atoms with Crippen molar-refractivity contribution in [3.8, 4) is 0 Å². The fourth-order valence-electron chi connectivity index (χ4n) is 4.79. The lowest BCUT2D eigenvalue weighted by atomic mass is 9.67. The van der Waals surface area contributed by atoms with Gasteiger partial charge >= 0.3 is 0 Å². The zero-order valence-electron chi connectivity index (χ0n) is 17.7. The standard InChI is InChI=1S/C23H27N5O2/c1-22(2,3)28-14-17-11-23(12-18(29)19(17)26-28)5-8-27(9-6-23)21(30)16-10-15-4-7-24-20(15)25-13-16/h4,7,10,13-14H,5-6,8-9,11-12H2,1-3H3,(H,24,25). The molecule has 0 aromatic carbocycles. The SMILES string of the molecule is CC(C)(C)n1cc2c(n1)C(=O)CC1(CCN(C(=O)c3cnc4[nH]ccc4c3)CC1)C2. The van der Waals surface area contributed by atoms with E-state index >= 15 is 0 Å². The number of nitrogens with zero attached hydrogens (tertiary/aromatic N) is 4. The summed E-state index contributed by atoms with van der Waals surface area (Å²) in [5, 5.41) is 5.52. The van der Waals surface area contributed by atoms with Crippen LogP contribution in [0.4, 0.5) is 0 Å². The molecular formula is C23H27N5O2. The minimum absolute atomic E-state index is 0.0174. The van der Waals surface area contributed by atoms with Crippen LogP contribution in [0.3, 0.4) is 0 Å². The first-order valence-corrected chi connectivity index (χ1v) is 10.6.